The maximum absolute atomic E-state index is 11.2. The van der Waals surface area contributed by atoms with Crippen LogP contribution in [0.5, 0.6) is 0 Å². The van der Waals surface area contributed by atoms with Crippen molar-refractivity contribution in [1.29, 1.82) is 0 Å². The minimum Gasteiger partial charge on any atom is -0.478 e. The van der Waals surface area contributed by atoms with Gasteiger partial charge in [0.25, 0.3) is 0 Å². The first-order valence-corrected chi connectivity index (χ1v) is 6.33. The van der Waals surface area contributed by atoms with Gasteiger partial charge in [-0.25, -0.2) is 9.78 Å². The molecule has 1 aromatic carbocycles. The van der Waals surface area contributed by atoms with E-state index in [0.29, 0.717) is 5.03 Å². The van der Waals surface area contributed by atoms with Gasteiger partial charge >= 0.3 is 5.97 Å². The molecule has 0 bridgehead atoms. The van der Waals surface area contributed by atoms with Gasteiger partial charge in [-0.15, -0.1) is 0 Å². The van der Waals surface area contributed by atoms with Crippen LogP contribution in [0.15, 0.2) is 46.5 Å². The van der Waals surface area contributed by atoms with E-state index < -0.39 is 5.97 Å². The van der Waals surface area contributed by atoms with E-state index in [0.717, 1.165) is 10.5 Å². The zero-order chi connectivity index (χ0) is 13.1. The van der Waals surface area contributed by atoms with Crippen molar-refractivity contribution in [3.05, 3.63) is 53.2 Å². The van der Waals surface area contributed by atoms with E-state index >= 15 is 0 Å². The second kappa shape index (κ2) is 5.23. The highest BCUT2D eigenvalue weighted by Crippen LogP contribution is 2.30. The van der Waals surface area contributed by atoms with Gasteiger partial charge in [0.05, 0.1) is 5.56 Å². The molecule has 4 heteroatoms. The minimum absolute atomic E-state index is 0.281. The molecule has 0 aliphatic heterocycles. The maximum atomic E-state index is 11.2. The molecule has 18 heavy (non-hydrogen) atoms. The summed E-state index contributed by atoms with van der Waals surface area (Å²) in [4.78, 5) is 16.4. The average Bonchev–Trinajstić information content (AvgIpc) is 2.32. The molecule has 2 aromatic rings. The van der Waals surface area contributed by atoms with Gasteiger partial charge in [-0.1, -0.05) is 29.5 Å². The normalized spacial score (nSPS) is 10.3. The van der Waals surface area contributed by atoms with E-state index in [1.165, 1.54) is 17.3 Å². The highest BCUT2D eigenvalue weighted by Gasteiger charge is 2.15. The standard InChI is InChI=1S/C14H13NO2S/c1-9-3-5-11(6-4-9)18-13-12(14(16)17)10(2)7-8-15-13/h3-8H,1-2H3,(H,16,17). The highest BCUT2D eigenvalue weighted by atomic mass is 32.2. The molecule has 0 fully saturated rings. The lowest BCUT2D eigenvalue weighted by Gasteiger charge is -2.07. The number of carbonyl (C=O) groups is 1. The predicted octanol–water partition coefficient (Wildman–Crippen LogP) is 3.55. The third-order valence-electron chi connectivity index (χ3n) is 2.57. The van der Waals surface area contributed by atoms with E-state index in [4.69, 9.17) is 0 Å². The molecule has 1 heterocycles. The number of rotatable bonds is 3. The fourth-order valence-corrected chi connectivity index (χ4v) is 2.55. The lowest BCUT2D eigenvalue weighted by Crippen LogP contribution is -2.03. The fourth-order valence-electron chi connectivity index (χ4n) is 1.59. The van der Waals surface area contributed by atoms with Crippen LogP contribution in [0.2, 0.25) is 0 Å². The van der Waals surface area contributed by atoms with Gasteiger partial charge in [0.2, 0.25) is 0 Å². The quantitative estimate of drug-likeness (QED) is 0.915. The lowest BCUT2D eigenvalue weighted by atomic mass is 10.2. The molecule has 0 aliphatic rings. The number of carboxylic acid groups (broad SMARTS) is 1. The second-order valence-corrected chi connectivity index (χ2v) is 5.09. The molecule has 0 unspecified atom stereocenters. The Labute approximate surface area is 110 Å². The Morgan fingerprint density at radius 2 is 1.83 bits per heavy atom. The van der Waals surface area contributed by atoms with Gasteiger partial charge in [0, 0.05) is 11.1 Å². The summed E-state index contributed by atoms with van der Waals surface area (Å²) in [5.41, 5.74) is 2.19. The van der Waals surface area contributed by atoms with E-state index in [-0.39, 0.29) is 5.56 Å². The molecule has 2 rings (SSSR count). The van der Waals surface area contributed by atoms with Crippen LogP contribution < -0.4 is 0 Å². The van der Waals surface area contributed by atoms with Crippen molar-refractivity contribution in [3.63, 3.8) is 0 Å². The van der Waals surface area contributed by atoms with Gasteiger partial charge in [0.1, 0.15) is 5.03 Å². The molecule has 0 amide bonds. The number of aromatic nitrogens is 1. The number of nitrogens with zero attached hydrogens (tertiary/aromatic N) is 1. The van der Waals surface area contributed by atoms with Crippen LogP contribution in [-0.4, -0.2) is 16.1 Å². The molecule has 0 atom stereocenters. The summed E-state index contributed by atoms with van der Waals surface area (Å²) in [6.07, 6.45) is 1.64. The van der Waals surface area contributed by atoms with Crippen LogP contribution >= 0.6 is 11.8 Å². The van der Waals surface area contributed by atoms with Crippen molar-refractivity contribution >= 4 is 17.7 Å². The van der Waals surface area contributed by atoms with Crippen molar-refractivity contribution in [2.45, 2.75) is 23.8 Å². The van der Waals surface area contributed by atoms with Gasteiger partial charge in [-0.3, -0.25) is 0 Å². The van der Waals surface area contributed by atoms with E-state index in [1.54, 1.807) is 19.2 Å². The van der Waals surface area contributed by atoms with E-state index in [9.17, 15) is 9.90 Å². The average molecular weight is 259 g/mol. The van der Waals surface area contributed by atoms with Crippen LogP contribution in [0.25, 0.3) is 0 Å². The van der Waals surface area contributed by atoms with E-state index in [2.05, 4.69) is 4.98 Å². The van der Waals surface area contributed by atoms with Gasteiger partial charge in [-0.05, 0) is 37.6 Å². The topological polar surface area (TPSA) is 50.2 Å². The molecule has 0 aliphatic carbocycles. The van der Waals surface area contributed by atoms with Crippen LogP contribution in [0.1, 0.15) is 21.5 Å². The maximum Gasteiger partial charge on any atom is 0.338 e. The SMILES string of the molecule is Cc1ccc(Sc2nccc(C)c2C(=O)O)cc1. The Morgan fingerprint density at radius 1 is 1.17 bits per heavy atom. The number of benzene rings is 1. The number of aromatic carboxylic acids is 1. The summed E-state index contributed by atoms with van der Waals surface area (Å²) in [7, 11) is 0. The molecule has 1 aromatic heterocycles. The Hall–Kier alpha value is -1.81. The Kier molecular flexibility index (Phi) is 3.67. The molecule has 1 N–H and O–H groups in total. The third-order valence-corrected chi connectivity index (χ3v) is 3.58. The molecule has 3 nitrogen and oxygen atoms in total. The summed E-state index contributed by atoms with van der Waals surface area (Å²) in [5, 5.41) is 9.75. The number of aryl methyl sites for hydroxylation is 2. The van der Waals surface area contributed by atoms with Gasteiger partial charge in [0.15, 0.2) is 0 Å². The number of carboxylic acids is 1. The predicted molar refractivity (Wildman–Crippen MR) is 71.2 cm³/mol. The molecular formula is C14H13NO2S. The summed E-state index contributed by atoms with van der Waals surface area (Å²) >= 11 is 1.37. The molecule has 0 saturated carbocycles. The molecule has 92 valence electrons. The summed E-state index contributed by atoms with van der Waals surface area (Å²) in [5.74, 6) is -0.935. The van der Waals surface area contributed by atoms with Crippen molar-refractivity contribution in [1.82, 2.24) is 4.98 Å². The third kappa shape index (κ3) is 2.71. The van der Waals surface area contributed by atoms with E-state index in [1.807, 2.05) is 31.2 Å². The van der Waals surface area contributed by atoms with Crippen molar-refractivity contribution in [3.8, 4) is 0 Å². The van der Waals surface area contributed by atoms with Crippen molar-refractivity contribution < 1.29 is 9.90 Å². The van der Waals surface area contributed by atoms with Crippen LogP contribution in [0.4, 0.5) is 0 Å². The zero-order valence-electron chi connectivity index (χ0n) is 10.2. The second-order valence-electron chi connectivity index (χ2n) is 4.03. The summed E-state index contributed by atoms with van der Waals surface area (Å²) in [6.45, 7) is 3.80. The number of hydrogen-bond donors (Lipinski definition) is 1. The summed E-state index contributed by atoms with van der Waals surface area (Å²) in [6, 6.07) is 9.64. The van der Waals surface area contributed by atoms with Crippen LogP contribution in [0, 0.1) is 13.8 Å². The zero-order valence-corrected chi connectivity index (χ0v) is 11.0. The minimum atomic E-state index is -0.935. The van der Waals surface area contributed by atoms with Crippen LogP contribution in [0.3, 0.4) is 0 Å². The van der Waals surface area contributed by atoms with Crippen LogP contribution in [-0.2, 0) is 0 Å². The fraction of sp³-hybridized carbons (Fsp3) is 0.143. The van der Waals surface area contributed by atoms with Crippen molar-refractivity contribution in [2.75, 3.05) is 0 Å². The van der Waals surface area contributed by atoms with Gasteiger partial charge < -0.3 is 5.11 Å². The molecule has 0 spiro atoms. The Morgan fingerprint density at radius 3 is 2.44 bits per heavy atom. The van der Waals surface area contributed by atoms with Gasteiger partial charge in [-0.2, -0.15) is 0 Å². The first kappa shape index (κ1) is 12.6. The van der Waals surface area contributed by atoms with Crippen molar-refractivity contribution in [2.24, 2.45) is 0 Å². The highest BCUT2D eigenvalue weighted by molar-refractivity contribution is 7.99. The Bertz CT molecular complexity index is 579. The first-order valence-electron chi connectivity index (χ1n) is 5.51. The molecule has 0 saturated heterocycles. The largest absolute Gasteiger partial charge is 0.478 e. The molecular weight excluding hydrogens is 246 g/mol. The number of pyridine rings is 1. The first-order chi connectivity index (χ1) is 8.58. The summed E-state index contributed by atoms with van der Waals surface area (Å²) < 4.78 is 0. The smallest absolute Gasteiger partial charge is 0.338 e. The number of hydrogen-bond acceptors (Lipinski definition) is 3. The Balaban J connectivity index is 2.37. The molecule has 0 radical (unpaired) electrons. The monoisotopic (exact) mass is 259 g/mol. The lowest BCUT2D eigenvalue weighted by molar-refractivity contribution is 0.0691.